The van der Waals surface area contributed by atoms with Crippen molar-refractivity contribution < 1.29 is 28.7 Å². The largest absolute Gasteiger partial charge is 0.482 e. The summed E-state index contributed by atoms with van der Waals surface area (Å²) in [7, 11) is 0. The van der Waals surface area contributed by atoms with Gasteiger partial charge in [-0.1, -0.05) is 0 Å². The lowest BCUT2D eigenvalue weighted by atomic mass is 10.2. The first-order chi connectivity index (χ1) is 12.0. The summed E-state index contributed by atoms with van der Waals surface area (Å²) >= 11 is 0. The third-order valence-corrected chi connectivity index (χ3v) is 3.17. The van der Waals surface area contributed by atoms with Gasteiger partial charge >= 0.3 is 5.97 Å². The Hall–Kier alpha value is -2.90. The molecule has 2 amide bonds. The molecule has 1 aromatic carbocycles. The molecule has 136 valence electrons. The van der Waals surface area contributed by atoms with Crippen molar-refractivity contribution in [3.63, 3.8) is 0 Å². The molecule has 0 atom stereocenters. The molecule has 8 heteroatoms. The molecule has 0 bridgehead atoms. The molecule has 1 aromatic rings. The quantitative estimate of drug-likeness (QED) is 0.484. The molecule has 1 rings (SSSR count). The Morgan fingerprint density at radius 1 is 1.12 bits per heavy atom. The summed E-state index contributed by atoms with van der Waals surface area (Å²) in [5.41, 5.74) is 0.493. The van der Waals surface area contributed by atoms with Gasteiger partial charge in [-0.05, 0) is 38.1 Å². The lowest BCUT2D eigenvalue weighted by Crippen LogP contribution is -2.42. The third-order valence-electron chi connectivity index (χ3n) is 3.17. The second-order valence-corrected chi connectivity index (χ2v) is 5.00. The van der Waals surface area contributed by atoms with E-state index in [1.165, 1.54) is 4.90 Å². The Morgan fingerprint density at radius 3 is 2.36 bits per heavy atom. The fourth-order valence-electron chi connectivity index (χ4n) is 1.86. The second-order valence-electron chi connectivity index (χ2n) is 5.00. The maximum atomic E-state index is 12.0. The Balaban J connectivity index is 2.36. The van der Waals surface area contributed by atoms with Crippen molar-refractivity contribution >= 4 is 24.1 Å². The van der Waals surface area contributed by atoms with E-state index in [4.69, 9.17) is 9.47 Å². The van der Waals surface area contributed by atoms with E-state index in [1.807, 2.05) is 0 Å². The molecule has 0 aliphatic rings. The van der Waals surface area contributed by atoms with Crippen LogP contribution in [0.4, 0.5) is 0 Å². The van der Waals surface area contributed by atoms with E-state index in [2.05, 4.69) is 5.32 Å². The van der Waals surface area contributed by atoms with Crippen LogP contribution in [-0.4, -0.2) is 61.8 Å². The van der Waals surface area contributed by atoms with Crippen LogP contribution in [0, 0.1) is 0 Å². The SMILES string of the molecule is CCNC(=O)CN(CC)C(=O)COC(=O)COc1ccc(C=O)cc1. The Kier molecular flexibility index (Phi) is 8.70. The zero-order chi connectivity index (χ0) is 18.7. The number of benzene rings is 1. The van der Waals surface area contributed by atoms with Crippen LogP contribution in [0.2, 0.25) is 0 Å². The minimum absolute atomic E-state index is 0.0830. The number of rotatable bonds is 10. The number of hydrogen-bond donors (Lipinski definition) is 1. The van der Waals surface area contributed by atoms with Crippen molar-refractivity contribution in [3.8, 4) is 5.75 Å². The number of amides is 2. The van der Waals surface area contributed by atoms with Gasteiger partial charge in [0, 0.05) is 18.7 Å². The van der Waals surface area contributed by atoms with Crippen molar-refractivity contribution in [2.24, 2.45) is 0 Å². The average molecular weight is 350 g/mol. The van der Waals surface area contributed by atoms with Gasteiger partial charge in [-0.25, -0.2) is 4.79 Å². The molecule has 0 fully saturated rings. The highest BCUT2D eigenvalue weighted by atomic mass is 16.6. The normalized spacial score (nSPS) is 9.84. The molecule has 0 heterocycles. The predicted molar refractivity (Wildman–Crippen MR) is 89.2 cm³/mol. The smallest absolute Gasteiger partial charge is 0.344 e. The van der Waals surface area contributed by atoms with Gasteiger partial charge in [0.2, 0.25) is 5.91 Å². The molecule has 0 saturated carbocycles. The molecule has 1 N–H and O–H groups in total. The van der Waals surface area contributed by atoms with Gasteiger partial charge in [-0.15, -0.1) is 0 Å². The molecule has 0 unspecified atom stereocenters. The zero-order valence-electron chi connectivity index (χ0n) is 14.3. The van der Waals surface area contributed by atoms with Crippen LogP contribution in [0.25, 0.3) is 0 Å². The van der Waals surface area contributed by atoms with E-state index < -0.39 is 18.5 Å². The standard InChI is InChI=1S/C17H22N2O6/c1-3-18-15(21)9-19(4-2)16(22)11-25-17(23)12-24-14-7-5-13(10-20)6-8-14/h5-8,10H,3-4,9,11-12H2,1-2H3,(H,18,21). The number of carbonyl (C=O) groups excluding carboxylic acids is 4. The highest BCUT2D eigenvalue weighted by Crippen LogP contribution is 2.10. The van der Waals surface area contributed by atoms with E-state index in [1.54, 1.807) is 38.1 Å². The fraction of sp³-hybridized carbons (Fsp3) is 0.412. The summed E-state index contributed by atoms with van der Waals surface area (Å²) < 4.78 is 10.1. The molecule has 0 spiro atoms. The molecule has 25 heavy (non-hydrogen) atoms. The summed E-state index contributed by atoms with van der Waals surface area (Å²) in [6.07, 6.45) is 0.698. The first-order valence-corrected chi connectivity index (χ1v) is 7.88. The number of esters is 1. The average Bonchev–Trinajstić information content (AvgIpc) is 2.63. The van der Waals surface area contributed by atoms with Gasteiger partial charge in [0.05, 0.1) is 6.54 Å². The Morgan fingerprint density at radius 2 is 1.80 bits per heavy atom. The number of ether oxygens (including phenoxy) is 2. The maximum Gasteiger partial charge on any atom is 0.344 e. The summed E-state index contributed by atoms with van der Waals surface area (Å²) in [5, 5.41) is 2.59. The van der Waals surface area contributed by atoms with Crippen molar-refractivity contribution in [1.29, 1.82) is 0 Å². The minimum atomic E-state index is -0.707. The summed E-state index contributed by atoms with van der Waals surface area (Å²) in [5.74, 6) is -1.04. The zero-order valence-corrected chi connectivity index (χ0v) is 14.3. The van der Waals surface area contributed by atoms with Crippen LogP contribution in [-0.2, 0) is 19.1 Å². The summed E-state index contributed by atoms with van der Waals surface area (Å²) in [6.45, 7) is 3.41. The Labute approximate surface area is 146 Å². The minimum Gasteiger partial charge on any atom is -0.482 e. The molecule has 0 aromatic heterocycles. The van der Waals surface area contributed by atoms with Crippen LogP contribution in [0.15, 0.2) is 24.3 Å². The van der Waals surface area contributed by atoms with Crippen molar-refractivity contribution in [3.05, 3.63) is 29.8 Å². The van der Waals surface area contributed by atoms with Gasteiger partial charge in [0.25, 0.3) is 5.91 Å². The molecular formula is C17H22N2O6. The molecular weight excluding hydrogens is 328 g/mol. The highest BCUT2D eigenvalue weighted by Gasteiger charge is 2.17. The molecule has 8 nitrogen and oxygen atoms in total. The number of nitrogens with zero attached hydrogens (tertiary/aromatic N) is 1. The van der Waals surface area contributed by atoms with E-state index in [0.717, 1.165) is 0 Å². The predicted octanol–water partition coefficient (Wildman–Crippen LogP) is 0.406. The number of aldehydes is 1. The number of hydrogen-bond acceptors (Lipinski definition) is 6. The number of nitrogens with one attached hydrogen (secondary N) is 1. The second kappa shape index (κ2) is 10.8. The van der Waals surface area contributed by atoms with Crippen LogP contribution in [0.3, 0.4) is 0 Å². The Bertz CT molecular complexity index is 600. The van der Waals surface area contributed by atoms with Crippen LogP contribution in [0.5, 0.6) is 5.75 Å². The lowest BCUT2D eigenvalue weighted by molar-refractivity contribution is -0.154. The van der Waals surface area contributed by atoms with Crippen molar-refractivity contribution in [1.82, 2.24) is 10.2 Å². The molecule has 0 radical (unpaired) electrons. The monoisotopic (exact) mass is 350 g/mol. The fourth-order valence-corrected chi connectivity index (χ4v) is 1.86. The lowest BCUT2D eigenvalue weighted by Gasteiger charge is -2.20. The van der Waals surface area contributed by atoms with E-state index in [0.29, 0.717) is 30.7 Å². The van der Waals surface area contributed by atoms with E-state index >= 15 is 0 Å². The van der Waals surface area contributed by atoms with Gasteiger partial charge in [-0.3, -0.25) is 14.4 Å². The number of carbonyl (C=O) groups is 4. The maximum absolute atomic E-state index is 12.0. The van der Waals surface area contributed by atoms with Gasteiger partial charge in [0.1, 0.15) is 12.0 Å². The highest BCUT2D eigenvalue weighted by molar-refractivity contribution is 5.86. The van der Waals surface area contributed by atoms with E-state index in [-0.39, 0.29) is 19.1 Å². The molecule has 0 aliphatic heterocycles. The summed E-state index contributed by atoms with van der Waals surface area (Å²) in [4.78, 5) is 46.9. The topological polar surface area (TPSA) is 102 Å². The van der Waals surface area contributed by atoms with Crippen LogP contribution < -0.4 is 10.1 Å². The van der Waals surface area contributed by atoms with Crippen LogP contribution in [0.1, 0.15) is 24.2 Å². The molecule has 0 saturated heterocycles. The van der Waals surface area contributed by atoms with E-state index in [9.17, 15) is 19.2 Å². The van der Waals surface area contributed by atoms with Gasteiger partial charge in [-0.2, -0.15) is 0 Å². The van der Waals surface area contributed by atoms with Gasteiger partial charge < -0.3 is 19.7 Å². The third kappa shape index (κ3) is 7.47. The van der Waals surface area contributed by atoms with Crippen molar-refractivity contribution in [2.45, 2.75) is 13.8 Å². The summed E-state index contributed by atoms with van der Waals surface area (Å²) in [6, 6.07) is 6.20. The molecule has 0 aliphatic carbocycles. The first-order valence-electron chi connectivity index (χ1n) is 7.88. The van der Waals surface area contributed by atoms with Gasteiger partial charge in [0.15, 0.2) is 13.2 Å². The first kappa shape index (κ1) is 20.1. The van der Waals surface area contributed by atoms with Crippen molar-refractivity contribution in [2.75, 3.05) is 32.8 Å². The number of likely N-dealkylation sites (N-methyl/N-ethyl adjacent to an activating group) is 2. The van der Waals surface area contributed by atoms with Crippen LogP contribution >= 0.6 is 0 Å².